The molecule has 2 rings (SSSR count). The van der Waals surface area contributed by atoms with Crippen LogP contribution in [0.2, 0.25) is 0 Å². The molecule has 0 aliphatic rings. The molecule has 7 heteroatoms. The van der Waals surface area contributed by atoms with Crippen molar-refractivity contribution in [2.75, 3.05) is 0 Å². The third kappa shape index (κ3) is 2.35. The fourth-order valence-corrected chi connectivity index (χ4v) is 2.46. The van der Waals surface area contributed by atoms with Crippen LogP contribution in [0.15, 0.2) is 28.6 Å². The summed E-state index contributed by atoms with van der Waals surface area (Å²) >= 11 is 5.21. The maximum atomic E-state index is 12.8. The number of H-pyrrole nitrogens is 1. The lowest BCUT2D eigenvalue weighted by Gasteiger charge is -2.08. The van der Waals surface area contributed by atoms with Crippen LogP contribution in [0.3, 0.4) is 0 Å². The quantitative estimate of drug-likeness (QED) is 0.802. The van der Waals surface area contributed by atoms with Gasteiger partial charge < -0.3 is 0 Å². The van der Waals surface area contributed by atoms with Crippen LogP contribution in [-0.2, 0) is 6.18 Å². The van der Waals surface area contributed by atoms with Crippen molar-refractivity contribution in [2.45, 2.75) is 11.2 Å². The highest BCUT2D eigenvalue weighted by molar-refractivity contribution is 7.80. The Morgan fingerprint density at radius 2 is 2.11 bits per heavy atom. The van der Waals surface area contributed by atoms with Gasteiger partial charge in [-0.15, -0.1) is 11.3 Å². The van der Waals surface area contributed by atoms with E-state index in [9.17, 15) is 13.2 Å². The van der Waals surface area contributed by atoms with Gasteiger partial charge >= 0.3 is 6.18 Å². The zero-order valence-electron chi connectivity index (χ0n) is 8.75. The first-order chi connectivity index (χ1) is 8.43. The zero-order valence-corrected chi connectivity index (χ0v) is 10.5. The van der Waals surface area contributed by atoms with Gasteiger partial charge in [0.25, 0.3) is 5.03 Å². The largest absolute Gasteiger partial charge is 0.418 e. The fourth-order valence-electron chi connectivity index (χ4n) is 1.47. The van der Waals surface area contributed by atoms with E-state index < -0.39 is 17.3 Å². The topological polar surface area (TPSA) is 37.9 Å². The van der Waals surface area contributed by atoms with Crippen molar-refractivity contribution in [3.63, 3.8) is 0 Å². The van der Waals surface area contributed by atoms with Gasteiger partial charge in [0.15, 0.2) is 0 Å². The first-order valence-corrected chi connectivity index (χ1v) is 6.06. The second-order valence-electron chi connectivity index (χ2n) is 3.41. The van der Waals surface area contributed by atoms with Crippen molar-refractivity contribution in [2.24, 2.45) is 0 Å². The highest BCUT2D eigenvalue weighted by atomic mass is 32.1. The minimum Gasteiger partial charge on any atom is -0.197 e. The zero-order chi connectivity index (χ0) is 13.3. The van der Waals surface area contributed by atoms with E-state index in [1.54, 1.807) is 17.5 Å². The lowest BCUT2D eigenvalue weighted by atomic mass is 10.1. The molecule has 18 heavy (non-hydrogen) atoms. The number of alkyl halides is 3. The van der Waals surface area contributed by atoms with Crippen LogP contribution in [0.5, 0.6) is 0 Å². The molecule has 2 aromatic rings. The molecule has 0 unspecified atom stereocenters. The molecule has 0 fully saturated rings. The number of hydrogen-bond donors (Lipinski definition) is 1. The van der Waals surface area contributed by atoms with Crippen LogP contribution >= 0.6 is 24.0 Å². The Labute approximate surface area is 110 Å². The fraction of sp³-hybridized carbons (Fsp3) is 0.0909. The second-order valence-corrected chi connectivity index (χ2v) is 4.80. The molecule has 0 saturated carbocycles. The molecule has 2 heterocycles. The van der Waals surface area contributed by atoms with Gasteiger partial charge in [-0.05, 0) is 11.4 Å². The minimum atomic E-state index is -4.58. The van der Waals surface area contributed by atoms with Crippen molar-refractivity contribution in [3.8, 4) is 16.6 Å². The number of thiophene rings is 1. The Kier molecular flexibility index (Phi) is 3.32. The summed E-state index contributed by atoms with van der Waals surface area (Å²) < 4.78 is 38.5. The third-order valence-corrected chi connectivity index (χ3v) is 3.49. The smallest absolute Gasteiger partial charge is 0.197 e. The van der Waals surface area contributed by atoms with Gasteiger partial charge in [-0.2, -0.15) is 23.4 Å². The molecular formula is C11H6F3N2S2+. The molecule has 0 bridgehead atoms. The van der Waals surface area contributed by atoms with Crippen molar-refractivity contribution in [1.29, 1.82) is 5.26 Å². The SMILES string of the molecule is N#Cc1c(C(F)(F)F)cc(-c2cccs2)[nH+]c1S. The molecule has 0 saturated heterocycles. The minimum absolute atomic E-state index is 0.0873. The summed E-state index contributed by atoms with van der Waals surface area (Å²) in [7, 11) is 0. The van der Waals surface area contributed by atoms with E-state index in [0.717, 1.165) is 6.07 Å². The number of nitriles is 1. The predicted octanol–water partition coefficient (Wildman–Crippen LogP) is 3.41. The number of halogens is 3. The van der Waals surface area contributed by atoms with E-state index in [1.165, 1.54) is 17.4 Å². The lowest BCUT2D eigenvalue weighted by Crippen LogP contribution is -2.17. The van der Waals surface area contributed by atoms with Gasteiger partial charge in [0.1, 0.15) is 11.6 Å². The first-order valence-electron chi connectivity index (χ1n) is 4.74. The molecule has 0 aromatic carbocycles. The molecule has 2 aromatic heterocycles. The van der Waals surface area contributed by atoms with E-state index in [4.69, 9.17) is 5.26 Å². The van der Waals surface area contributed by atoms with Crippen LogP contribution < -0.4 is 4.98 Å². The van der Waals surface area contributed by atoms with Crippen molar-refractivity contribution >= 4 is 24.0 Å². The summed E-state index contributed by atoms with van der Waals surface area (Å²) in [5, 5.41) is 10.4. The average molecular weight is 287 g/mol. The van der Waals surface area contributed by atoms with E-state index in [-0.39, 0.29) is 5.03 Å². The van der Waals surface area contributed by atoms with Gasteiger partial charge in [0.2, 0.25) is 5.69 Å². The molecule has 0 amide bonds. The van der Waals surface area contributed by atoms with Crippen LogP contribution in [0.25, 0.3) is 10.6 Å². The van der Waals surface area contributed by atoms with E-state index in [0.29, 0.717) is 10.6 Å². The molecule has 92 valence electrons. The van der Waals surface area contributed by atoms with Crippen molar-refractivity contribution in [3.05, 3.63) is 34.7 Å². The maximum Gasteiger partial charge on any atom is 0.418 e. The highest BCUT2D eigenvalue weighted by Gasteiger charge is 2.37. The number of aromatic amines is 1. The Bertz CT molecular complexity index is 612. The highest BCUT2D eigenvalue weighted by Crippen LogP contribution is 2.35. The summed E-state index contributed by atoms with van der Waals surface area (Å²) in [4.78, 5) is 3.35. The molecule has 0 radical (unpaired) electrons. The molecule has 0 aliphatic heterocycles. The number of aromatic nitrogens is 1. The molecule has 2 nitrogen and oxygen atoms in total. The standard InChI is InChI=1S/C11H5F3N2S2/c12-11(13,14)7-4-8(9-2-1-3-18-9)16-10(17)6(7)5-15/h1-4H,(H,16,17)/p+1. The third-order valence-electron chi connectivity index (χ3n) is 2.25. The normalized spacial score (nSPS) is 11.3. The summed E-state index contributed by atoms with van der Waals surface area (Å²) in [6.45, 7) is 0. The number of hydrogen-bond acceptors (Lipinski definition) is 3. The number of nitrogens with one attached hydrogen (secondary N) is 1. The summed E-state index contributed by atoms with van der Waals surface area (Å²) in [6, 6.07) is 5.88. The van der Waals surface area contributed by atoms with Gasteiger partial charge in [0, 0.05) is 6.07 Å². The van der Waals surface area contributed by atoms with Gasteiger partial charge in [-0.3, -0.25) is 0 Å². The Hall–Kier alpha value is -1.52. The summed E-state index contributed by atoms with van der Waals surface area (Å²) in [6.07, 6.45) is -4.58. The van der Waals surface area contributed by atoms with E-state index in [2.05, 4.69) is 17.6 Å². The Morgan fingerprint density at radius 1 is 1.39 bits per heavy atom. The van der Waals surface area contributed by atoms with Crippen LogP contribution in [0.1, 0.15) is 11.1 Å². The van der Waals surface area contributed by atoms with Gasteiger partial charge in [0.05, 0.1) is 10.4 Å². The van der Waals surface area contributed by atoms with E-state index in [1.807, 2.05) is 0 Å². The monoisotopic (exact) mass is 287 g/mol. The first kappa shape index (κ1) is 12.9. The van der Waals surface area contributed by atoms with Gasteiger partial charge in [-0.25, -0.2) is 0 Å². The average Bonchev–Trinajstić information content (AvgIpc) is 2.80. The van der Waals surface area contributed by atoms with E-state index >= 15 is 0 Å². The van der Waals surface area contributed by atoms with Crippen molar-refractivity contribution < 1.29 is 18.2 Å². The van der Waals surface area contributed by atoms with Gasteiger partial charge in [-0.1, -0.05) is 18.7 Å². The van der Waals surface area contributed by atoms with Crippen LogP contribution in [-0.4, -0.2) is 0 Å². The molecule has 0 aliphatic carbocycles. The Balaban J connectivity index is 2.69. The Morgan fingerprint density at radius 3 is 2.61 bits per heavy atom. The second kappa shape index (κ2) is 4.63. The van der Waals surface area contributed by atoms with Crippen molar-refractivity contribution in [1.82, 2.24) is 0 Å². The van der Waals surface area contributed by atoms with Crippen LogP contribution in [0.4, 0.5) is 13.2 Å². The maximum absolute atomic E-state index is 12.8. The summed E-state index contributed by atoms with van der Waals surface area (Å²) in [5.41, 5.74) is -1.18. The predicted molar refractivity (Wildman–Crippen MR) is 63.3 cm³/mol. The van der Waals surface area contributed by atoms with Crippen LogP contribution in [0, 0.1) is 11.3 Å². The molecule has 0 spiro atoms. The number of nitrogens with zero attached hydrogens (tertiary/aromatic N) is 1. The lowest BCUT2D eigenvalue weighted by molar-refractivity contribution is -0.414. The molecule has 1 N–H and O–H groups in total. The molecular weight excluding hydrogens is 281 g/mol. The number of rotatable bonds is 1. The number of pyridine rings is 1. The summed E-state index contributed by atoms with van der Waals surface area (Å²) in [5.74, 6) is 0. The molecule has 0 atom stereocenters. The number of thiol groups is 1.